The Morgan fingerprint density at radius 2 is 1.92 bits per heavy atom. The minimum atomic E-state index is -0.0690. The molecule has 1 fully saturated rings. The summed E-state index contributed by atoms with van der Waals surface area (Å²) in [6.07, 6.45) is 3.58. The standard InChI is InChI=1S/C20H33ClN4.HI/c1-5-12-25-13-10-16(11-14-25)24-19(22-4)23-15-20(2,3)17-8-6-7-9-18(17)21;/h6-9,16H,5,10-15H2,1-4H3,(H2,22,23,24);1H. The number of halogens is 2. The third-order valence-corrected chi connectivity index (χ3v) is 5.32. The maximum atomic E-state index is 6.37. The van der Waals surface area contributed by atoms with Crippen molar-refractivity contribution in [1.82, 2.24) is 15.5 Å². The van der Waals surface area contributed by atoms with Crippen LogP contribution in [0, 0.1) is 0 Å². The van der Waals surface area contributed by atoms with E-state index in [0.717, 1.165) is 23.1 Å². The van der Waals surface area contributed by atoms with Crippen LogP contribution in [0.4, 0.5) is 0 Å². The summed E-state index contributed by atoms with van der Waals surface area (Å²) in [5.74, 6) is 0.883. The molecule has 1 aliphatic heterocycles. The van der Waals surface area contributed by atoms with Crippen LogP contribution in [0.3, 0.4) is 0 Å². The summed E-state index contributed by atoms with van der Waals surface area (Å²) in [7, 11) is 1.84. The normalized spacial score (nSPS) is 16.9. The molecular formula is C20H34ClIN4. The van der Waals surface area contributed by atoms with Gasteiger partial charge in [0, 0.05) is 43.2 Å². The van der Waals surface area contributed by atoms with E-state index in [1.54, 1.807) is 0 Å². The third kappa shape index (κ3) is 6.89. The summed E-state index contributed by atoms with van der Waals surface area (Å²) in [5, 5.41) is 7.89. The fourth-order valence-electron chi connectivity index (χ4n) is 3.42. The fourth-order valence-corrected chi connectivity index (χ4v) is 3.81. The number of piperidine rings is 1. The molecule has 2 N–H and O–H groups in total. The predicted octanol–water partition coefficient (Wildman–Crippen LogP) is 4.28. The second kappa shape index (κ2) is 11.3. The van der Waals surface area contributed by atoms with E-state index in [0.29, 0.717) is 6.04 Å². The van der Waals surface area contributed by atoms with Gasteiger partial charge in [0.1, 0.15) is 0 Å². The van der Waals surface area contributed by atoms with Gasteiger partial charge in [-0.15, -0.1) is 24.0 Å². The van der Waals surface area contributed by atoms with Crippen LogP contribution in [-0.4, -0.2) is 50.1 Å². The molecule has 0 unspecified atom stereocenters. The maximum absolute atomic E-state index is 6.37. The van der Waals surface area contributed by atoms with Gasteiger partial charge in [0.2, 0.25) is 0 Å². The zero-order chi connectivity index (χ0) is 18.3. The van der Waals surface area contributed by atoms with E-state index >= 15 is 0 Å². The molecule has 148 valence electrons. The van der Waals surface area contributed by atoms with Crippen LogP contribution in [0.15, 0.2) is 29.3 Å². The maximum Gasteiger partial charge on any atom is 0.191 e. The van der Waals surface area contributed by atoms with Gasteiger partial charge in [0.05, 0.1) is 0 Å². The van der Waals surface area contributed by atoms with Gasteiger partial charge in [-0.2, -0.15) is 0 Å². The molecule has 2 rings (SSSR count). The van der Waals surface area contributed by atoms with E-state index in [1.807, 2.05) is 25.2 Å². The molecule has 0 bridgehead atoms. The van der Waals surface area contributed by atoms with E-state index in [-0.39, 0.29) is 29.4 Å². The average molecular weight is 493 g/mol. The van der Waals surface area contributed by atoms with Gasteiger partial charge in [0.25, 0.3) is 0 Å². The molecule has 4 nitrogen and oxygen atoms in total. The van der Waals surface area contributed by atoms with Crippen molar-refractivity contribution in [3.8, 4) is 0 Å². The average Bonchev–Trinajstić information content (AvgIpc) is 2.60. The molecule has 0 spiro atoms. The summed E-state index contributed by atoms with van der Waals surface area (Å²) in [6, 6.07) is 8.57. The fraction of sp³-hybridized carbons (Fsp3) is 0.650. The zero-order valence-electron chi connectivity index (χ0n) is 16.5. The summed E-state index contributed by atoms with van der Waals surface area (Å²) in [6.45, 7) is 11.0. The molecule has 0 aromatic heterocycles. The van der Waals surface area contributed by atoms with Gasteiger partial charge < -0.3 is 15.5 Å². The molecule has 1 aromatic rings. The number of nitrogens with one attached hydrogen (secondary N) is 2. The highest BCUT2D eigenvalue weighted by Gasteiger charge is 2.24. The van der Waals surface area contributed by atoms with Crippen LogP contribution in [0.25, 0.3) is 0 Å². The number of nitrogens with zero attached hydrogens (tertiary/aromatic N) is 2. The van der Waals surface area contributed by atoms with Gasteiger partial charge in [0.15, 0.2) is 5.96 Å². The Kier molecular flexibility index (Phi) is 10.3. The monoisotopic (exact) mass is 492 g/mol. The number of guanidine groups is 1. The van der Waals surface area contributed by atoms with Crippen LogP contribution in [0.2, 0.25) is 5.02 Å². The van der Waals surface area contributed by atoms with Crippen molar-refractivity contribution < 1.29 is 0 Å². The molecule has 0 radical (unpaired) electrons. The highest BCUT2D eigenvalue weighted by Crippen LogP contribution is 2.28. The van der Waals surface area contributed by atoms with Gasteiger partial charge in [-0.05, 0) is 37.4 Å². The van der Waals surface area contributed by atoms with Gasteiger partial charge in [-0.1, -0.05) is 50.6 Å². The number of likely N-dealkylation sites (tertiary alicyclic amines) is 1. The van der Waals surface area contributed by atoms with Crippen molar-refractivity contribution in [2.24, 2.45) is 4.99 Å². The number of hydrogen-bond acceptors (Lipinski definition) is 2. The lowest BCUT2D eigenvalue weighted by molar-refractivity contribution is 0.206. The Morgan fingerprint density at radius 3 is 2.50 bits per heavy atom. The molecule has 0 amide bonds. The molecule has 0 saturated carbocycles. The Morgan fingerprint density at radius 1 is 1.27 bits per heavy atom. The number of benzene rings is 1. The van der Waals surface area contributed by atoms with E-state index in [2.05, 4.69) is 47.4 Å². The zero-order valence-corrected chi connectivity index (χ0v) is 19.6. The van der Waals surface area contributed by atoms with Crippen molar-refractivity contribution in [3.63, 3.8) is 0 Å². The van der Waals surface area contributed by atoms with Gasteiger partial charge in [-0.3, -0.25) is 4.99 Å². The van der Waals surface area contributed by atoms with Crippen LogP contribution < -0.4 is 10.6 Å². The Labute approximate surface area is 181 Å². The van der Waals surface area contributed by atoms with Crippen LogP contribution in [0.1, 0.15) is 45.6 Å². The molecule has 1 heterocycles. The third-order valence-electron chi connectivity index (χ3n) is 4.99. The molecule has 26 heavy (non-hydrogen) atoms. The smallest absolute Gasteiger partial charge is 0.191 e. The van der Waals surface area contributed by atoms with Gasteiger partial charge in [-0.25, -0.2) is 0 Å². The Hall–Kier alpha value is -0.530. The number of aliphatic imine (C=N–C) groups is 1. The van der Waals surface area contributed by atoms with E-state index in [9.17, 15) is 0 Å². The molecule has 0 atom stereocenters. The van der Waals surface area contributed by atoms with E-state index < -0.39 is 0 Å². The van der Waals surface area contributed by atoms with Gasteiger partial charge >= 0.3 is 0 Å². The highest BCUT2D eigenvalue weighted by molar-refractivity contribution is 14.0. The SMILES string of the molecule is CCCN1CCC(NC(=NC)NCC(C)(C)c2ccccc2Cl)CC1.I. The number of hydrogen-bond donors (Lipinski definition) is 2. The second-order valence-corrected chi connectivity index (χ2v) is 7.96. The molecular weight excluding hydrogens is 459 g/mol. The first-order valence-corrected chi connectivity index (χ1v) is 9.78. The summed E-state index contributed by atoms with van der Waals surface area (Å²) in [4.78, 5) is 6.95. The lowest BCUT2D eigenvalue weighted by Gasteiger charge is -2.33. The van der Waals surface area contributed by atoms with Crippen LogP contribution in [-0.2, 0) is 5.41 Å². The first-order chi connectivity index (χ1) is 12.0. The molecule has 1 aromatic carbocycles. The largest absolute Gasteiger partial charge is 0.356 e. The van der Waals surface area contributed by atoms with E-state index in [4.69, 9.17) is 11.6 Å². The molecule has 0 aliphatic carbocycles. The topological polar surface area (TPSA) is 39.7 Å². The predicted molar refractivity (Wildman–Crippen MR) is 124 cm³/mol. The molecule has 1 saturated heterocycles. The molecule has 1 aliphatic rings. The molecule has 6 heteroatoms. The van der Waals surface area contributed by atoms with Crippen molar-refractivity contribution in [3.05, 3.63) is 34.9 Å². The lowest BCUT2D eigenvalue weighted by Crippen LogP contribution is -2.50. The lowest BCUT2D eigenvalue weighted by atomic mass is 9.84. The minimum absolute atomic E-state index is 0. The summed E-state index contributed by atoms with van der Waals surface area (Å²) >= 11 is 6.37. The van der Waals surface area contributed by atoms with Crippen molar-refractivity contribution in [2.75, 3.05) is 33.2 Å². The Bertz CT molecular complexity index is 569. The van der Waals surface area contributed by atoms with E-state index in [1.165, 1.54) is 38.9 Å². The second-order valence-electron chi connectivity index (χ2n) is 7.55. The minimum Gasteiger partial charge on any atom is -0.356 e. The number of rotatable bonds is 6. The highest BCUT2D eigenvalue weighted by atomic mass is 127. The first kappa shape index (κ1) is 23.5. The summed E-state index contributed by atoms with van der Waals surface area (Å²) < 4.78 is 0. The van der Waals surface area contributed by atoms with Crippen LogP contribution >= 0.6 is 35.6 Å². The van der Waals surface area contributed by atoms with Crippen molar-refractivity contribution >= 4 is 41.5 Å². The van der Waals surface area contributed by atoms with Crippen molar-refractivity contribution in [2.45, 2.75) is 51.5 Å². The van der Waals surface area contributed by atoms with Crippen LogP contribution in [0.5, 0.6) is 0 Å². The quantitative estimate of drug-likeness (QED) is 0.354. The Balaban J connectivity index is 0.00000338. The first-order valence-electron chi connectivity index (χ1n) is 9.41. The van der Waals surface area contributed by atoms with Crippen molar-refractivity contribution in [1.29, 1.82) is 0 Å². The summed E-state index contributed by atoms with van der Waals surface area (Å²) in [5.41, 5.74) is 1.09.